The average Bonchev–Trinajstić information content (AvgIpc) is 3.02. The van der Waals surface area contributed by atoms with E-state index in [-0.39, 0.29) is 17.8 Å². The molecule has 3 heterocycles. The van der Waals surface area contributed by atoms with Crippen LogP contribution in [0.15, 0.2) is 6.20 Å². The summed E-state index contributed by atoms with van der Waals surface area (Å²) < 4.78 is 40.8. The highest BCUT2D eigenvalue weighted by Gasteiger charge is 2.54. The summed E-state index contributed by atoms with van der Waals surface area (Å²) in [5.41, 5.74) is 0.280. The predicted molar refractivity (Wildman–Crippen MR) is 73.9 cm³/mol. The topological polar surface area (TPSA) is 169 Å². The molecule has 0 radical (unpaired) electrons. The number of carboxylic acids is 1. The van der Waals surface area contributed by atoms with Crippen molar-refractivity contribution in [2.45, 2.75) is 18.6 Å². The number of methoxy groups -OCH3 is 1. The fraction of sp³-hybridized carbons (Fsp3) is 0.455. The molecule has 0 unspecified atom stereocenters. The van der Waals surface area contributed by atoms with Crippen LogP contribution >= 0.6 is 0 Å². The summed E-state index contributed by atoms with van der Waals surface area (Å²) in [6, 6.07) is -3.34. The number of hydrogen-bond donors (Lipinski definition) is 2. The SMILES string of the molecule is COC(=O)[C@@H]1c2c(cnn2CC(=O)O)[C@H]2CN1C(=O)N2OS(=O)(=O)O. The molecule has 2 bridgehead atoms. The van der Waals surface area contributed by atoms with Crippen molar-refractivity contribution < 1.29 is 41.5 Å². The first kappa shape index (κ1) is 17.1. The highest BCUT2D eigenvalue weighted by Crippen LogP contribution is 2.44. The van der Waals surface area contributed by atoms with Crippen molar-refractivity contribution >= 4 is 28.4 Å². The Morgan fingerprint density at radius 2 is 2.12 bits per heavy atom. The van der Waals surface area contributed by atoms with E-state index >= 15 is 0 Å². The molecule has 14 heteroatoms. The lowest BCUT2D eigenvalue weighted by Gasteiger charge is -2.29. The summed E-state index contributed by atoms with van der Waals surface area (Å²) in [5, 5.41) is 13.2. The first-order valence-electron chi connectivity index (χ1n) is 6.76. The minimum atomic E-state index is -5.00. The predicted octanol–water partition coefficient (Wildman–Crippen LogP) is -1.29. The highest BCUT2D eigenvalue weighted by molar-refractivity contribution is 7.80. The standard InChI is InChI=1S/C11H12N4O9S/c1-23-10(18)9-8-5(2-12-14(8)4-7(16)17)6-3-13(9)11(19)15(6)24-25(20,21)22/h2,6,9H,3-4H2,1H3,(H,16,17)(H,20,21,22)/t6-,9+/m1/s1. The van der Waals surface area contributed by atoms with Crippen LogP contribution in [0.4, 0.5) is 4.79 Å². The number of hydrogen-bond acceptors (Lipinski definition) is 8. The van der Waals surface area contributed by atoms with Gasteiger partial charge in [0.15, 0.2) is 6.04 Å². The van der Waals surface area contributed by atoms with Gasteiger partial charge in [0.2, 0.25) is 0 Å². The highest BCUT2D eigenvalue weighted by atomic mass is 32.3. The van der Waals surface area contributed by atoms with Gasteiger partial charge in [-0.1, -0.05) is 0 Å². The Kier molecular flexibility index (Phi) is 3.89. The molecule has 2 aliphatic heterocycles. The lowest BCUT2D eigenvalue weighted by molar-refractivity contribution is -0.147. The van der Waals surface area contributed by atoms with Crippen molar-refractivity contribution in [3.05, 3.63) is 17.5 Å². The van der Waals surface area contributed by atoms with Crippen LogP contribution in [-0.2, 0) is 35.6 Å². The van der Waals surface area contributed by atoms with Gasteiger partial charge in [0.1, 0.15) is 12.6 Å². The minimum absolute atomic E-state index is 0.0697. The molecule has 13 nitrogen and oxygen atoms in total. The number of ether oxygens (including phenoxy) is 1. The Labute approximate surface area is 140 Å². The fourth-order valence-corrected chi connectivity index (χ4v) is 3.31. The molecule has 25 heavy (non-hydrogen) atoms. The molecule has 0 aromatic carbocycles. The molecule has 2 N–H and O–H groups in total. The zero-order valence-electron chi connectivity index (χ0n) is 12.6. The third kappa shape index (κ3) is 2.79. The monoisotopic (exact) mass is 376 g/mol. The van der Waals surface area contributed by atoms with Crippen LogP contribution in [0.3, 0.4) is 0 Å². The van der Waals surface area contributed by atoms with Crippen LogP contribution in [0.1, 0.15) is 23.3 Å². The molecular weight excluding hydrogens is 364 g/mol. The quantitative estimate of drug-likeness (QED) is 0.465. The van der Waals surface area contributed by atoms with Gasteiger partial charge in [-0.15, -0.1) is 4.28 Å². The van der Waals surface area contributed by atoms with Crippen LogP contribution in [0.25, 0.3) is 0 Å². The number of amides is 2. The molecule has 1 saturated heterocycles. The van der Waals surface area contributed by atoms with E-state index in [1.54, 1.807) is 0 Å². The third-order valence-electron chi connectivity index (χ3n) is 3.81. The number of urea groups is 1. The number of aliphatic carboxylic acids is 1. The van der Waals surface area contributed by atoms with Gasteiger partial charge in [-0.2, -0.15) is 18.6 Å². The van der Waals surface area contributed by atoms with Crippen molar-refractivity contribution in [2.24, 2.45) is 0 Å². The molecule has 1 aromatic heterocycles. The summed E-state index contributed by atoms with van der Waals surface area (Å²) in [7, 11) is -3.91. The van der Waals surface area contributed by atoms with Gasteiger partial charge in [-0.3, -0.25) is 14.0 Å². The molecule has 3 rings (SSSR count). The van der Waals surface area contributed by atoms with E-state index in [9.17, 15) is 22.8 Å². The number of fused-ring (bicyclic) bond motifs is 4. The van der Waals surface area contributed by atoms with Crippen LogP contribution in [0, 0.1) is 0 Å². The summed E-state index contributed by atoms with van der Waals surface area (Å²) >= 11 is 0. The van der Waals surface area contributed by atoms with Crippen molar-refractivity contribution in [1.29, 1.82) is 0 Å². The summed E-state index contributed by atoms with van der Waals surface area (Å²) in [5.74, 6) is -2.10. The van der Waals surface area contributed by atoms with Crippen molar-refractivity contribution in [3.8, 4) is 0 Å². The largest absolute Gasteiger partial charge is 0.480 e. The average molecular weight is 376 g/mol. The van der Waals surface area contributed by atoms with E-state index in [0.29, 0.717) is 5.06 Å². The van der Waals surface area contributed by atoms with Crippen LogP contribution in [-0.4, -0.2) is 69.4 Å². The maximum Gasteiger partial charge on any atom is 0.418 e. The Morgan fingerprint density at radius 1 is 1.44 bits per heavy atom. The van der Waals surface area contributed by atoms with Gasteiger partial charge in [-0.05, 0) is 0 Å². The van der Waals surface area contributed by atoms with Crippen LogP contribution < -0.4 is 0 Å². The van der Waals surface area contributed by atoms with Gasteiger partial charge < -0.3 is 14.7 Å². The molecule has 2 atom stereocenters. The lowest BCUT2D eigenvalue weighted by Crippen LogP contribution is -2.40. The number of carboxylic acid groups (broad SMARTS) is 1. The smallest absolute Gasteiger partial charge is 0.418 e. The van der Waals surface area contributed by atoms with Gasteiger partial charge >= 0.3 is 28.4 Å². The maximum absolute atomic E-state index is 12.4. The zero-order valence-corrected chi connectivity index (χ0v) is 13.4. The molecule has 136 valence electrons. The molecule has 0 aliphatic carbocycles. The molecule has 2 amide bonds. The number of carbonyl (C=O) groups is 3. The molecular formula is C11H12N4O9S. The number of nitrogens with zero attached hydrogens (tertiary/aromatic N) is 4. The van der Waals surface area contributed by atoms with Crippen LogP contribution in [0.5, 0.6) is 0 Å². The normalized spacial score (nSPS) is 22.1. The van der Waals surface area contributed by atoms with Gasteiger partial charge in [0.25, 0.3) is 0 Å². The van der Waals surface area contributed by atoms with E-state index in [2.05, 4.69) is 14.1 Å². The molecule has 1 aromatic rings. The second-order valence-electron chi connectivity index (χ2n) is 5.24. The Balaban J connectivity index is 2.12. The molecule has 2 aliphatic rings. The number of rotatable bonds is 5. The first-order chi connectivity index (χ1) is 11.6. The Bertz CT molecular complexity index is 863. The first-order valence-corrected chi connectivity index (χ1v) is 8.12. The third-order valence-corrected chi connectivity index (χ3v) is 4.16. The van der Waals surface area contributed by atoms with Crippen molar-refractivity contribution in [3.63, 3.8) is 0 Å². The van der Waals surface area contributed by atoms with Crippen LogP contribution in [0.2, 0.25) is 0 Å². The van der Waals surface area contributed by atoms with Crippen molar-refractivity contribution in [2.75, 3.05) is 13.7 Å². The number of esters is 1. The molecule has 1 fully saturated rings. The van der Waals surface area contributed by atoms with Crippen molar-refractivity contribution in [1.82, 2.24) is 19.7 Å². The molecule has 0 spiro atoms. The maximum atomic E-state index is 12.4. The van der Waals surface area contributed by atoms with E-state index in [1.165, 1.54) is 6.20 Å². The van der Waals surface area contributed by atoms with E-state index in [4.69, 9.17) is 9.66 Å². The second-order valence-corrected chi connectivity index (χ2v) is 6.25. The number of hydroxylamine groups is 2. The number of aromatic nitrogens is 2. The zero-order chi connectivity index (χ0) is 18.5. The summed E-state index contributed by atoms with van der Waals surface area (Å²) in [6.45, 7) is -0.726. The van der Waals surface area contributed by atoms with E-state index in [0.717, 1.165) is 16.7 Å². The number of carbonyl (C=O) groups excluding carboxylic acids is 2. The van der Waals surface area contributed by atoms with E-state index in [1.807, 2.05) is 0 Å². The lowest BCUT2D eigenvalue weighted by atomic mass is 9.98. The van der Waals surface area contributed by atoms with Gasteiger partial charge in [-0.25, -0.2) is 9.59 Å². The van der Waals surface area contributed by atoms with Gasteiger partial charge in [0, 0.05) is 5.56 Å². The minimum Gasteiger partial charge on any atom is -0.480 e. The Hall–Kier alpha value is -2.71. The fourth-order valence-electron chi connectivity index (χ4n) is 2.94. The second kappa shape index (κ2) is 5.68. The van der Waals surface area contributed by atoms with E-state index < -0.39 is 47.0 Å². The van der Waals surface area contributed by atoms with Gasteiger partial charge in [0.05, 0.1) is 25.5 Å². The Morgan fingerprint density at radius 3 is 2.68 bits per heavy atom. The summed E-state index contributed by atoms with van der Waals surface area (Å²) in [4.78, 5) is 36.5. The molecule has 0 saturated carbocycles. The summed E-state index contributed by atoms with van der Waals surface area (Å²) in [6.07, 6.45) is 1.20.